The number of ether oxygens (including phenoxy) is 1. The van der Waals surface area contributed by atoms with Gasteiger partial charge in [-0.1, -0.05) is 20.3 Å². The molecule has 8 N–H and O–H groups in total. The van der Waals surface area contributed by atoms with Crippen molar-refractivity contribution in [3.8, 4) is 0 Å². The van der Waals surface area contributed by atoms with Gasteiger partial charge in [0.2, 0.25) is 0 Å². The van der Waals surface area contributed by atoms with Gasteiger partial charge < -0.3 is 27.3 Å². The Balaban J connectivity index is 4.06. The highest BCUT2D eigenvalue weighted by Crippen LogP contribution is 2.07. The smallest absolute Gasteiger partial charge is 0.330 e. The van der Waals surface area contributed by atoms with Crippen LogP contribution in [0.5, 0.6) is 0 Å². The van der Waals surface area contributed by atoms with Crippen LogP contribution in [0.15, 0.2) is 0 Å². The zero-order chi connectivity index (χ0) is 15.7. The maximum Gasteiger partial charge on any atom is 0.330 e. The van der Waals surface area contributed by atoms with Crippen molar-refractivity contribution in [2.45, 2.75) is 45.2 Å². The number of esters is 2. The molecule has 0 unspecified atom stereocenters. The van der Waals surface area contributed by atoms with Crippen LogP contribution in [0.3, 0.4) is 0 Å². The third kappa shape index (κ3) is 7.05. The summed E-state index contributed by atoms with van der Waals surface area (Å²) in [6.45, 7) is 4.13. The van der Waals surface area contributed by atoms with Gasteiger partial charge in [-0.3, -0.25) is 5.41 Å². The average molecular weight is 287 g/mol. The highest BCUT2D eigenvalue weighted by molar-refractivity contribution is 5.90. The summed E-state index contributed by atoms with van der Waals surface area (Å²) in [5.41, 5.74) is 16.4. The van der Waals surface area contributed by atoms with Crippen molar-refractivity contribution >= 4 is 17.9 Å². The van der Waals surface area contributed by atoms with Crippen molar-refractivity contribution < 1.29 is 14.3 Å². The molecule has 0 aromatic carbocycles. The predicted molar refractivity (Wildman–Crippen MR) is 75.7 cm³/mol. The van der Waals surface area contributed by atoms with Crippen molar-refractivity contribution in [2.75, 3.05) is 6.54 Å². The number of rotatable bonds is 8. The minimum Gasteiger partial charge on any atom is -0.391 e. The summed E-state index contributed by atoms with van der Waals surface area (Å²) in [6.07, 6.45) is 1.57. The first-order valence-corrected chi connectivity index (χ1v) is 6.64. The molecule has 0 aliphatic heterocycles. The fourth-order valence-corrected chi connectivity index (χ4v) is 1.39. The van der Waals surface area contributed by atoms with Gasteiger partial charge in [0.05, 0.1) is 0 Å². The normalized spacial score (nSPS) is 15.0. The van der Waals surface area contributed by atoms with E-state index in [4.69, 9.17) is 22.6 Å². The van der Waals surface area contributed by atoms with E-state index >= 15 is 0 Å². The molecule has 0 rings (SSSR count). The Morgan fingerprint density at radius 2 is 1.90 bits per heavy atom. The molecule has 0 spiro atoms. The molecule has 0 aliphatic rings. The monoisotopic (exact) mass is 287 g/mol. The molecule has 0 radical (unpaired) electrons. The van der Waals surface area contributed by atoms with Crippen LogP contribution in [-0.4, -0.2) is 36.5 Å². The van der Waals surface area contributed by atoms with Gasteiger partial charge in [0.1, 0.15) is 12.1 Å². The minimum absolute atomic E-state index is 0.0636. The Hall–Kier alpha value is -1.67. The first-order chi connectivity index (χ1) is 9.29. The number of nitrogens with one attached hydrogen (secondary N) is 2. The summed E-state index contributed by atoms with van der Waals surface area (Å²) in [5, 5.41) is 9.54. The second kappa shape index (κ2) is 9.27. The molecule has 0 heterocycles. The van der Waals surface area contributed by atoms with Crippen molar-refractivity contribution in [2.24, 2.45) is 23.1 Å². The van der Waals surface area contributed by atoms with Gasteiger partial charge in [-0.2, -0.15) is 0 Å². The molecular formula is C12H25N5O3. The van der Waals surface area contributed by atoms with Gasteiger partial charge in [0.25, 0.3) is 0 Å². The van der Waals surface area contributed by atoms with E-state index in [2.05, 4.69) is 10.1 Å². The molecule has 0 aromatic rings. The molecule has 20 heavy (non-hydrogen) atoms. The lowest BCUT2D eigenvalue weighted by Crippen LogP contribution is -2.42. The van der Waals surface area contributed by atoms with Crippen LogP contribution in [0.1, 0.15) is 33.1 Å². The zero-order valence-corrected chi connectivity index (χ0v) is 12.0. The number of guanidine groups is 1. The van der Waals surface area contributed by atoms with Crippen LogP contribution in [0.4, 0.5) is 0 Å². The van der Waals surface area contributed by atoms with E-state index < -0.39 is 24.0 Å². The summed E-state index contributed by atoms with van der Waals surface area (Å²) in [7, 11) is 0. The molecule has 0 bridgehead atoms. The molecule has 0 saturated heterocycles. The second-order valence-electron chi connectivity index (χ2n) is 4.74. The molecule has 8 heteroatoms. The van der Waals surface area contributed by atoms with Gasteiger partial charge in [0.15, 0.2) is 5.96 Å². The van der Waals surface area contributed by atoms with Crippen LogP contribution in [0.2, 0.25) is 0 Å². The summed E-state index contributed by atoms with van der Waals surface area (Å²) in [4.78, 5) is 23.2. The summed E-state index contributed by atoms with van der Waals surface area (Å²) < 4.78 is 4.66. The highest BCUT2D eigenvalue weighted by Gasteiger charge is 2.25. The van der Waals surface area contributed by atoms with Crippen LogP contribution >= 0.6 is 0 Å². The van der Waals surface area contributed by atoms with E-state index in [1.165, 1.54) is 0 Å². The first kappa shape index (κ1) is 18.3. The SMILES string of the molecule is CC[C@H](C)[C@H](N)C(=O)OC(=O)[C@H](N)CCCNC(=N)N. The van der Waals surface area contributed by atoms with Gasteiger partial charge in [-0.25, -0.2) is 9.59 Å². The van der Waals surface area contributed by atoms with Crippen molar-refractivity contribution in [1.29, 1.82) is 5.41 Å². The third-order valence-corrected chi connectivity index (χ3v) is 3.04. The fraction of sp³-hybridized carbons (Fsp3) is 0.750. The highest BCUT2D eigenvalue weighted by atomic mass is 16.6. The van der Waals surface area contributed by atoms with E-state index in [-0.39, 0.29) is 11.9 Å². The summed E-state index contributed by atoms with van der Waals surface area (Å²) in [6, 6.07) is -1.72. The molecule has 3 atom stereocenters. The number of hydrogen-bond acceptors (Lipinski definition) is 6. The van der Waals surface area contributed by atoms with E-state index in [0.717, 1.165) is 0 Å². The molecule has 0 amide bonds. The van der Waals surface area contributed by atoms with Crippen LogP contribution in [-0.2, 0) is 14.3 Å². The number of hydrogen-bond donors (Lipinski definition) is 5. The Morgan fingerprint density at radius 1 is 1.30 bits per heavy atom. The Labute approximate surface area is 118 Å². The van der Waals surface area contributed by atoms with E-state index in [1.54, 1.807) is 0 Å². The van der Waals surface area contributed by atoms with Crippen LogP contribution in [0.25, 0.3) is 0 Å². The van der Waals surface area contributed by atoms with Crippen molar-refractivity contribution in [3.63, 3.8) is 0 Å². The van der Waals surface area contributed by atoms with Crippen molar-refractivity contribution in [1.82, 2.24) is 5.32 Å². The topological polar surface area (TPSA) is 157 Å². The Bertz CT molecular complexity index is 348. The maximum absolute atomic E-state index is 11.6. The second-order valence-corrected chi connectivity index (χ2v) is 4.74. The lowest BCUT2D eigenvalue weighted by molar-refractivity contribution is -0.162. The van der Waals surface area contributed by atoms with Crippen LogP contribution in [0, 0.1) is 11.3 Å². The van der Waals surface area contributed by atoms with Crippen molar-refractivity contribution in [3.05, 3.63) is 0 Å². The molecule has 0 aromatic heterocycles. The lowest BCUT2D eigenvalue weighted by Gasteiger charge is -2.17. The zero-order valence-electron chi connectivity index (χ0n) is 12.0. The Kier molecular flexibility index (Phi) is 8.49. The lowest BCUT2D eigenvalue weighted by atomic mass is 10.0. The molecule has 8 nitrogen and oxygen atoms in total. The molecule has 0 fully saturated rings. The quantitative estimate of drug-likeness (QED) is 0.126. The predicted octanol–water partition coefficient (Wildman–Crippen LogP) is -0.980. The minimum atomic E-state index is -0.892. The summed E-state index contributed by atoms with van der Waals surface area (Å²) >= 11 is 0. The molecule has 116 valence electrons. The van der Waals surface area contributed by atoms with Gasteiger partial charge in [0, 0.05) is 6.54 Å². The Morgan fingerprint density at radius 3 is 2.40 bits per heavy atom. The average Bonchev–Trinajstić information content (AvgIpc) is 2.40. The number of carbonyl (C=O) groups excluding carboxylic acids is 2. The third-order valence-electron chi connectivity index (χ3n) is 3.04. The standard InChI is InChI=1S/C12H25N5O3/c1-3-7(2)9(14)11(19)20-10(18)8(13)5-4-6-17-12(15)16/h7-9H,3-6,13-14H2,1-2H3,(H4,15,16,17)/t7-,8+,9-/m0/s1. The van der Waals surface area contributed by atoms with E-state index in [0.29, 0.717) is 25.8 Å². The van der Waals surface area contributed by atoms with E-state index in [9.17, 15) is 9.59 Å². The fourth-order valence-electron chi connectivity index (χ4n) is 1.39. The maximum atomic E-state index is 11.6. The first-order valence-electron chi connectivity index (χ1n) is 6.64. The number of carbonyl (C=O) groups is 2. The number of nitrogens with two attached hydrogens (primary N) is 3. The van der Waals surface area contributed by atoms with Crippen LogP contribution < -0.4 is 22.5 Å². The van der Waals surface area contributed by atoms with E-state index in [1.807, 2.05) is 13.8 Å². The summed E-state index contributed by atoms with van der Waals surface area (Å²) in [5.74, 6) is -1.74. The molecule has 0 aliphatic carbocycles. The molecule has 0 saturated carbocycles. The van der Waals surface area contributed by atoms with Gasteiger partial charge in [-0.05, 0) is 18.8 Å². The molecular weight excluding hydrogens is 262 g/mol. The largest absolute Gasteiger partial charge is 0.391 e. The van der Waals surface area contributed by atoms with Gasteiger partial charge >= 0.3 is 11.9 Å². The van der Waals surface area contributed by atoms with Gasteiger partial charge in [-0.15, -0.1) is 0 Å².